The van der Waals surface area contributed by atoms with E-state index in [1.807, 2.05) is 19.1 Å². The highest BCUT2D eigenvalue weighted by Gasteiger charge is 2.40. The summed E-state index contributed by atoms with van der Waals surface area (Å²) in [4.78, 5) is 28.1. The standard InChI is InChI=1S/C26H21F3N2O4S/c1-3-16-7-9-19(10-8-16)31-24(33)21(30(25(31)36)15-23(32)34-2)14-20-11-12-22(35-20)17-5-4-6-18(13-17)26(27,28)29/h4-14H,3,15H2,1-2H3/b21-14-. The molecule has 2 heterocycles. The molecule has 36 heavy (non-hydrogen) atoms. The number of amides is 1. The number of hydrogen-bond acceptors (Lipinski definition) is 5. The molecule has 1 saturated heterocycles. The van der Waals surface area contributed by atoms with E-state index in [1.165, 1.54) is 47.3 Å². The van der Waals surface area contributed by atoms with Gasteiger partial charge in [-0.15, -0.1) is 0 Å². The molecule has 3 aromatic rings. The van der Waals surface area contributed by atoms with Gasteiger partial charge in [0.25, 0.3) is 5.91 Å². The molecule has 1 aliphatic rings. The number of halogens is 3. The average molecular weight is 515 g/mol. The molecule has 10 heteroatoms. The van der Waals surface area contributed by atoms with Gasteiger partial charge < -0.3 is 14.1 Å². The Kier molecular flexibility index (Phi) is 6.98. The first-order chi connectivity index (χ1) is 17.1. The monoisotopic (exact) mass is 514 g/mol. The van der Waals surface area contributed by atoms with Crippen molar-refractivity contribution >= 4 is 41.0 Å². The fourth-order valence-electron chi connectivity index (χ4n) is 3.70. The summed E-state index contributed by atoms with van der Waals surface area (Å²) in [5.74, 6) is -0.701. The molecule has 1 amide bonds. The molecule has 0 N–H and O–H groups in total. The fourth-order valence-corrected chi connectivity index (χ4v) is 4.06. The van der Waals surface area contributed by atoms with Gasteiger partial charge in [0.1, 0.15) is 23.8 Å². The molecule has 0 saturated carbocycles. The van der Waals surface area contributed by atoms with E-state index in [2.05, 4.69) is 0 Å². The molecule has 4 rings (SSSR count). The lowest BCUT2D eigenvalue weighted by molar-refractivity contribution is -0.140. The predicted molar refractivity (Wildman–Crippen MR) is 132 cm³/mol. The van der Waals surface area contributed by atoms with Crippen LogP contribution in [0.3, 0.4) is 0 Å². The number of alkyl halides is 3. The summed E-state index contributed by atoms with van der Waals surface area (Å²) >= 11 is 5.52. The molecule has 1 fully saturated rings. The number of benzene rings is 2. The summed E-state index contributed by atoms with van der Waals surface area (Å²) < 4.78 is 49.8. The Bertz CT molecular complexity index is 1350. The molecule has 0 atom stereocenters. The van der Waals surface area contributed by atoms with E-state index in [-0.39, 0.29) is 34.4 Å². The summed E-state index contributed by atoms with van der Waals surface area (Å²) in [6, 6.07) is 15.1. The van der Waals surface area contributed by atoms with E-state index >= 15 is 0 Å². The van der Waals surface area contributed by atoms with Crippen LogP contribution in [0.25, 0.3) is 17.4 Å². The Labute approximate surface area is 210 Å². The summed E-state index contributed by atoms with van der Waals surface area (Å²) in [6.07, 6.45) is -2.27. The molecule has 6 nitrogen and oxygen atoms in total. The van der Waals surface area contributed by atoms with Crippen molar-refractivity contribution in [2.75, 3.05) is 18.6 Å². The van der Waals surface area contributed by atoms with Gasteiger partial charge in [-0.05, 0) is 60.6 Å². The van der Waals surface area contributed by atoms with Gasteiger partial charge in [-0.3, -0.25) is 14.5 Å². The van der Waals surface area contributed by atoms with Crippen LogP contribution in [0.4, 0.5) is 18.9 Å². The Hall–Kier alpha value is -3.92. The average Bonchev–Trinajstić information content (AvgIpc) is 3.42. The zero-order valence-electron chi connectivity index (χ0n) is 19.3. The van der Waals surface area contributed by atoms with Crippen molar-refractivity contribution < 1.29 is 31.9 Å². The van der Waals surface area contributed by atoms with Crippen molar-refractivity contribution in [3.8, 4) is 11.3 Å². The summed E-state index contributed by atoms with van der Waals surface area (Å²) in [5.41, 5.74) is 1.10. The van der Waals surface area contributed by atoms with Crippen LogP contribution in [0.2, 0.25) is 0 Å². The summed E-state index contributed by atoms with van der Waals surface area (Å²) in [6.45, 7) is 1.70. The number of carbonyl (C=O) groups excluding carboxylic acids is 2. The van der Waals surface area contributed by atoms with Gasteiger partial charge in [0.15, 0.2) is 5.11 Å². The maximum atomic E-state index is 13.4. The zero-order valence-corrected chi connectivity index (χ0v) is 20.2. The minimum Gasteiger partial charge on any atom is -0.468 e. The van der Waals surface area contributed by atoms with Gasteiger partial charge in [0.05, 0.1) is 18.4 Å². The number of rotatable bonds is 6. The lowest BCUT2D eigenvalue weighted by Gasteiger charge is -2.19. The Morgan fingerprint density at radius 3 is 2.47 bits per heavy atom. The van der Waals surface area contributed by atoms with Gasteiger partial charge in [-0.25, -0.2) is 0 Å². The van der Waals surface area contributed by atoms with Crippen molar-refractivity contribution in [3.05, 3.63) is 83.2 Å². The second kappa shape index (κ2) is 9.98. The number of furan rings is 1. The van der Waals surface area contributed by atoms with Crippen molar-refractivity contribution in [3.63, 3.8) is 0 Å². The number of ether oxygens (including phenoxy) is 1. The number of hydrogen-bond donors (Lipinski definition) is 0. The Morgan fingerprint density at radius 2 is 1.83 bits per heavy atom. The maximum Gasteiger partial charge on any atom is 0.416 e. The van der Waals surface area contributed by atoms with Crippen LogP contribution in [0.5, 0.6) is 0 Å². The third-order valence-electron chi connectivity index (χ3n) is 5.63. The molecule has 2 aromatic carbocycles. The van der Waals surface area contributed by atoms with E-state index in [1.54, 1.807) is 12.1 Å². The second-order valence-corrected chi connectivity index (χ2v) is 8.28. The Morgan fingerprint density at radius 1 is 1.11 bits per heavy atom. The zero-order chi connectivity index (χ0) is 26.0. The second-order valence-electron chi connectivity index (χ2n) is 7.92. The molecule has 0 spiro atoms. The van der Waals surface area contributed by atoms with E-state index in [9.17, 15) is 22.8 Å². The van der Waals surface area contributed by atoms with E-state index < -0.39 is 23.6 Å². The summed E-state index contributed by atoms with van der Waals surface area (Å²) in [5, 5.41) is 0.0885. The van der Waals surface area contributed by atoms with Crippen LogP contribution in [-0.4, -0.2) is 35.5 Å². The molecular formula is C26H21F3N2O4S. The summed E-state index contributed by atoms with van der Waals surface area (Å²) in [7, 11) is 1.22. The maximum absolute atomic E-state index is 13.4. The first-order valence-corrected chi connectivity index (χ1v) is 11.3. The number of carbonyl (C=O) groups is 2. The Balaban J connectivity index is 1.70. The quantitative estimate of drug-likeness (QED) is 0.240. The molecule has 1 aliphatic heterocycles. The highest BCUT2D eigenvalue weighted by molar-refractivity contribution is 7.80. The third-order valence-corrected chi connectivity index (χ3v) is 6.04. The molecule has 0 aliphatic carbocycles. The van der Waals surface area contributed by atoms with Crippen molar-refractivity contribution in [2.24, 2.45) is 0 Å². The minimum atomic E-state index is -4.49. The van der Waals surface area contributed by atoms with Crippen LogP contribution >= 0.6 is 12.2 Å². The van der Waals surface area contributed by atoms with E-state index in [0.717, 1.165) is 24.1 Å². The van der Waals surface area contributed by atoms with Gasteiger partial charge in [0, 0.05) is 11.6 Å². The van der Waals surface area contributed by atoms with E-state index in [4.69, 9.17) is 21.4 Å². The predicted octanol–water partition coefficient (Wildman–Crippen LogP) is 5.68. The fraction of sp³-hybridized carbons (Fsp3) is 0.192. The largest absolute Gasteiger partial charge is 0.468 e. The van der Waals surface area contributed by atoms with Crippen LogP contribution < -0.4 is 4.90 Å². The normalized spacial score (nSPS) is 15.2. The highest BCUT2D eigenvalue weighted by atomic mass is 32.1. The van der Waals surface area contributed by atoms with Gasteiger partial charge in [-0.2, -0.15) is 13.2 Å². The van der Waals surface area contributed by atoms with Crippen molar-refractivity contribution in [2.45, 2.75) is 19.5 Å². The third kappa shape index (κ3) is 5.03. The van der Waals surface area contributed by atoms with Gasteiger partial charge >= 0.3 is 12.1 Å². The van der Waals surface area contributed by atoms with Gasteiger partial charge in [0.2, 0.25) is 0 Å². The van der Waals surface area contributed by atoms with Crippen LogP contribution in [-0.2, 0) is 26.9 Å². The van der Waals surface area contributed by atoms with Crippen LogP contribution in [0, 0.1) is 0 Å². The number of anilines is 1. The lowest BCUT2D eigenvalue weighted by Crippen LogP contribution is -2.35. The number of nitrogens with zero attached hydrogens (tertiary/aromatic N) is 2. The lowest BCUT2D eigenvalue weighted by atomic mass is 10.1. The number of aryl methyl sites for hydroxylation is 1. The van der Waals surface area contributed by atoms with Crippen molar-refractivity contribution in [1.82, 2.24) is 4.90 Å². The number of methoxy groups -OCH3 is 1. The first-order valence-electron chi connectivity index (χ1n) is 10.9. The molecule has 186 valence electrons. The van der Waals surface area contributed by atoms with Crippen molar-refractivity contribution in [1.29, 1.82) is 0 Å². The number of thiocarbonyl (C=S) groups is 1. The molecular weight excluding hydrogens is 493 g/mol. The van der Waals surface area contributed by atoms with E-state index in [0.29, 0.717) is 5.69 Å². The highest BCUT2D eigenvalue weighted by Crippen LogP contribution is 2.34. The molecule has 1 aromatic heterocycles. The number of esters is 1. The molecule has 0 bridgehead atoms. The smallest absolute Gasteiger partial charge is 0.416 e. The minimum absolute atomic E-state index is 0.0647. The molecule has 0 radical (unpaired) electrons. The van der Waals surface area contributed by atoms with Crippen LogP contribution in [0.1, 0.15) is 23.8 Å². The topological polar surface area (TPSA) is 63.0 Å². The first kappa shape index (κ1) is 25.2. The van der Waals surface area contributed by atoms with Crippen LogP contribution in [0.15, 0.2) is 70.8 Å². The molecule has 0 unspecified atom stereocenters. The SMILES string of the molecule is CCc1ccc(N2C(=O)/C(=C/c3ccc(-c4cccc(C(F)(F)F)c4)o3)N(CC(=O)OC)C2=S)cc1. The van der Waals surface area contributed by atoms with Gasteiger partial charge in [-0.1, -0.05) is 31.2 Å².